The minimum absolute atomic E-state index is 0.140. The number of carbonyl (C=O) groups is 2. The lowest BCUT2D eigenvalue weighted by Gasteiger charge is -2.39. The van der Waals surface area contributed by atoms with Crippen LogP contribution in [0.25, 0.3) is 0 Å². The Morgan fingerprint density at radius 1 is 1.35 bits per heavy atom. The number of ether oxygens (including phenoxy) is 2. The average molecular weight is 364 g/mol. The Labute approximate surface area is 152 Å². The number of nitro groups is 1. The molecule has 1 heterocycles. The van der Waals surface area contributed by atoms with E-state index in [1.54, 1.807) is 20.8 Å². The highest BCUT2D eigenvalue weighted by molar-refractivity contribution is 6.04. The van der Waals surface area contributed by atoms with Gasteiger partial charge in [0.25, 0.3) is 11.6 Å². The molecule has 0 spiro atoms. The standard InChI is InChI=1S/C18H24N2O6/c1-6-13(18(22)25-11(4)5)19-14-8-7-12(20(23)24)9-15(14)26-16(10(2)3)17(19)21/h7-11,13,16H,6H2,1-5H3. The molecule has 142 valence electrons. The van der Waals surface area contributed by atoms with E-state index in [1.807, 2.05) is 13.8 Å². The van der Waals surface area contributed by atoms with Crippen molar-refractivity contribution in [3.8, 4) is 5.75 Å². The summed E-state index contributed by atoms with van der Waals surface area (Å²) in [5, 5.41) is 11.1. The first-order chi connectivity index (χ1) is 12.2. The van der Waals surface area contributed by atoms with Crippen molar-refractivity contribution in [1.29, 1.82) is 0 Å². The Morgan fingerprint density at radius 2 is 2.00 bits per heavy atom. The summed E-state index contributed by atoms with van der Waals surface area (Å²) in [7, 11) is 0. The summed E-state index contributed by atoms with van der Waals surface area (Å²) in [6.07, 6.45) is -0.797. The largest absolute Gasteiger partial charge is 0.478 e. The molecule has 2 rings (SSSR count). The van der Waals surface area contributed by atoms with Gasteiger partial charge in [-0.05, 0) is 32.3 Å². The topological polar surface area (TPSA) is 99.0 Å². The van der Waals surface area contributed by atoms with E-state index >= 15 is 0 Å². The lowest BCUT2D eigenvalue weighted by molar-refractivity contribution is -0.384. The van der Waals surface area contributed by atoms with E-state index in [0.29, 0.717) is 12.1 Å². The third-order valence-corrected chi connectivity index (χ3v) is 4.08. The maximum absolute atomic E-state index is 13.0. The number of rotatable bonds is 6. The van der Waals surface area contributed by atoms with Crippen LogP contribution in [-0.2, 0) is 14.3 Å². The van der Waals surface area contributed by atoms with E-state index in [9.17, 15) is 19.7 Å². The van der Waals surface area contributed by atoms with Gasteiger partial charge in [0.1, 0.15) is 6.04 Å². The molecule has 1 aromatic carbocycles. The van der Waals surface area contributed by atoms with Crippen LogP contribution in [0.5, 0.6) is 5.75 Å². The second kappa shape index (κ2) is 7.72. The molecule has 1 amide bonds. The minimum Gasteiger partial charge on any atom is -0.478 e. The van der Waals surface area contributed by atoms with E-state index in [2.05, 4.69) is 0 Å². The van der Waals surface area contributed by atoms with Crippen molar-refractivity contribution in [3.63, 3.8) is 0 Å². The Morgan fingerprint density at radius 3 is 2.50 bits per heavy atom. The van der Waals surface area contributed by atoms with Gasteiger partial charge in [-0.2, -0.15) is 0 Å². The number of benzene rings is 1. The second-order valence-electron chi connectivity index (χ2n) is 6.81. The van der Waals surface area contributed by atoms with Crippen molar-refractivity contribution in [2.75, 3.05) is 4.90 Å². The van der Waals surface area contributed by atoms with Crippen molar-refractivity contribution >= 4 is 23.3 Å². The fourth-order valence-corrected chi connectivity index (χ4v) is 2.86. The maximum atomic E-state index is 13.0. The summed E-state index contributed by atoms with van der Waals surface area (Å²) in [6.45, 7) is 8.89. The predicted octanol–water partition coefficient (Wildman–Crippen LogP) is 3.08. The molecule has 0 fully saturated rings. The van der Waals surface area contributed by atoms with E-state index < -0.39 is 23.0 Å². The zero-order valence-corrected chi connectivity index (χ0v) is 15.6. The summed E-state index contributed by atoms with van der Waals surface area (Å²) < 4.78 is 11.0. The van der Waals surface area contributed by atoms with E-state index in [0.717, 1.165) is 0 Å². The van der Waals surface area contributed by atoms with Crippen LogP contribution in [0.2, 0.25) is 0 Å². The van der Waals surface area contributed by atoms with Crippen LogP contribution in [0.3, 0.4) is 0 Å². The average Bonchev–Trinajstić information content (AvgIpc) is 2.55. The second-order valence-corrected chi connectivity index (χ2v) is 6.81. The van der Waals surface area contributed by atoms with E-state index in [-0.39, 0.29) is 29.4 Å². The molecule has 0 aliphatic carbocycles. The molecule has 2 unspecified atom stereocenters. The molecule has 0 saturated heterocycles. The van der Waals surface area contributed by atoms with Crippen LogP contribution < -0.4 is 9.64 Å². The molecule has 1 aromatic rings. The highest BCUT2D eigenvalue weighted by atomic mass is 16.6. The minimum atomic E-state index is -0.828. The number of amides is 1. The fraction of sp³-hybridized carbons (Fsp3) is 0.556. The smallest absolute Gasteiger partial charge is 0.329 e. The first-order valence-electron chi connectivity index (χ1n) is 8.66. The van der Waals surface area contributed by atoms with Crippen LogP contribution in [-0.4, -0.2) is 35.0 Å². The molecule has 1 aliphatic heterocycles. The summed E-state index contributed by atoms with van der Waals surface area (Å²) in [5.74, 6) is -0.817. The van der Waals surface area contributed by atoms with Crippen LogP contribution in [0.15, 0.2) is 18.2 Å². The van der Waals surface area contributed by atoms with Crippen molar-refractivity contribution in [3.05, 3.63) is 28.3 Å². The zero-order chi connectivity index (χ0) is 19.6. The summed E-state index contributed by atoms with van der Waals surface area (Å²) in [6, 6.07) is 3.19. The molecular weight excluding hydrogens is 340 g/mol. The van der Waals surface area contributed by atoms with Crippen LogP contribution in [0.1, 0.15) is 41.0 Å². The van der Waals surface area contributed by atoms with Crippen molar-refractivity contribution in [2.45, 2.75) is 59.3 Å². The quantitative estimate of drug-likeness (QED) is 0.437. The van der Waals surface area contributed by atoms with Gasteiger partial charge in [-0.3, -0.25) is 19.8 Å². The molecule has 0 bridgehead atoms. The molecule has 0 saturated carbocycles. The molecule has 0 radical (unpaired) electrons. The molecule has 26 heavy (non-hydrogen) atoms. The number of nitro benzene ring substituents is 1. The number of fused-ring (bicyclic) bond motifs is 1. The third-order valence-electron chi connectivity index (χ3n) is 4.08. The Balaban J connectivity index is 2.53. The molecule has 2 atom stereocenters. The van der Waals surface area contributed by atoms with E-state index in [4.69, 9.17) is 9.47 Å². The normalized spacial score (nSPS) is 17.7. The van der Waals surface area contributed by atoms with Crippen molar-refractivity contribution in [2.24, 2.45) is 5.92 Å². The van der Waals surface area contributed by atoms with Crippen molar-refractivity contribution in [1.82, 2.24) is 0 Å². The molecular formula is C18H24N2O6. The molecule has 0 aromatic heterocycles. The van der Waals surface area contributed by atoms with Crippen LogP contribution >= 0.6 is 0 Å². The number of hydrogen-bond donors (Lipinski definition) is 0. The summed E-state index contributed by atoms with van der Waals surface area (Å²) in [5.41, 5.74) is 0.198. The highest BCUT2D eigenvalue weighted by Gasteiger charge is 2.42. The van der Waals surface area contributed by atoms with Gasteiger partial charge in [0.05, 0.1) is 22.8 Å². The van der Waals surface area contributed by atoms with Gasteiger partial charge >= 0.3 is 5.97 Å². The van der Waals surface area contributed by atoms with E-state index in [1.165, 1.54) is 23.1 Å². The van der Waals surface area contributed by atoms with Crippen LogP contribution in [0.4, 0.5) is 11.4 Å². The molecule has 1 aliphatic rings. The first kappa shape index (κ1) is 19.7. The lowest BCUT2D eigenvalue weighted by atomic mass is 10.0. The SMILES string of the molecule is CCC(C(=O)OC(C)C)N1C(=O)C(C(C)C)Oc2cc([N+](=O)[O-])ccc21. The number of hydrogen-bond acceptors (Lipinski definition) is 6. The molecule has 8 nitrogen and oxygen atoms in total. The third kappa shape index (κ3) is 3.79. The van der Waals surface area contributed by atoms with Gasteiger partial charge in [-0.15, -0.1) is 0 Å². The van der Waals surface area contributed by atoms with Crippen LogP contribution in [0, 0.1) is 16.0 Å². The zero-order valence-electron chi connectivity index (χ0n) is 15.6. The lowest BCUT2D eigenvalue weighted by Crippen LogP contribution is -2.55. The monoisotopic (exact) mass is 364 g/mol. The Bertz CT molecular complexity index is 716. The number of nitrogens with zero attached hydrogens (tertiary/aromatic N) is 2. The summed E-state index contributed by atoms with van der Waals surface area (Å²) >= 11 is 0. The number of carbonyl (C=O) groups excluding carboxylic acids is 2. The van der Waals surface area contributed by atoms with Gasteiger partial charge < -0.3 is 9.47 Å². The van der Waals surface area contributed by atoms with Gasteiger partial charge in [0.15, 0.2) is 11.9 Å². The number of non-ortho nitro benzene ring substituents is 1. The molecule has 0 N–H and O–H groups in total. The number of esters is 1. The number of anilines is 1. The highest BCUT2D eigenvalue weighted by Crippen LogP contribution is 2.40. The summed E-state index contributed by atoms with van der Waals surface area (Å²) in [4.78, 5) is 37.4. The fourth-order valence-electron chi connectivity index (χ4n) is 2.86. The van der Waals surface area contributed by atoms with Gasteiger partial charge in [-0.1, -0.05) is 20.8 Å². The Kier molecular flexibility index (Phi) is 5.84. The first-order valence-corrected chi connectivity index (χ1v) is 8.66. The maximum Gasteiger partial charge on any atom is 0.329 e. The van der Waals surface area contributed by atoms with Gasteiger partial charge in [-0.25, -0.2) is 4.79 Å². The van der Waals surface area contributed by atoms with Gasteiger partial charge in [0.2, 0.25) is 0 Å². The predicted molar refractivity (Wildman–Crippen MR) is 95.1 cm³/mol. The van der Waals surface area contributed by atoms with Gasteiger partial charge in [0, 0.05) is 6.07 Å². The van der Waals surface area contributed by atoms with Crippen molar-refractivity contribution < 1.29 is 24.0 Å². The molecule has 8 heteroatoms. The Hall–Kier alpha value is -2.64.